The van der Waals surface area contributed by atoms with E-state index in [1.54, 1.807) is 10.4 Å². The van der Waals surface area contributed by atoms with E-state index >= 15 is 0 Å². The summed E-state index contributed by atoms with van der Waals surface area (Å²) in [5.41, 5.74) is -0.706. The van der Waals surface area contributed by atoms with Gasteiger partial charge in [-0.2, -0.15) is 0 Å². The molecule has 0 saturated heterocycles. The second kappa shape index (κ2) is 11.9. The van der Waals surface area contributed by atoms with E-state index in [4.69, 9.17) is 0 Å². The molecule has 174 valence electrons. The molecule has 0 amide bonds. The zero-order valence-corrected chi connectivity index (χ0v) is 25.5. The quantitative estimate of drug-likeness (QED) is 0.412. The number of hydrogen-bond donors (Lipinski definition) is 0. The van der Waals surface area contributed by atoms with Crippen LogP contribution in [0.1, 0.15) is 25.7 Å². The minimum absolute atomic E-state index is 0. The van der Waals surface area contributed by atoms with E-state index in [0.717, 1.165) is 31.0 Å². The second-order valence-corrected chi connectivity index (χ2v) is 30.6. The first-order chi connectivity index (χ1) is 15.9. The maximum absolute atomic E-state index is 2.62. The van der Waals surface area contributed by atoms with Crippen LogP contribution in [0.5, 0.6) is 0 Å². The third-order valence-electron chi connectivity index (χ3n) is 8.36. The van der Waals surface area contributed by atoms with Crippen molar-refractivity contribution in [1.82, 2.24) is 0 Å². The van der Waals surface area contributed by atoms with E-state index < -0.39 is 25.6 Å². The standard InChI is InChI=1S/C12H10Si.2C9H11.2ClH.Hf/c1-3-7-11(8-4-1)13-12-9-5-2-6-10-12;2*1-2-5-9-7-3-6-8(9)4-1;;;/h1-10H;2*1-2,4-6,8-9H,3,7H2;2*1H;/q;;;;;+2/p-2. The van der Waals surface area contributed by atoms with E-state index in [9.17, 15) is 0 Å². The van der Waals surface area contributed by atoms with Crippen molar-refractivity contribution in [2.45, 2.75) is 33.0 Å². The molecule has 4 heteroatoms. The zero-order chi connectivity index (χ0) is 21.3. The van der Waals surface area contributed by atoms with Crippen molar-refractivity contribution >= 4 is 15.9 Å². The van der Waals surface area contributed by atoms with Gasteiger partial charge in [0.1, 0.15) is 0 Å². The Morgan fingerprint density at radius 1 is 0.529 bits per heavy atom. The van der Waals surface area contributed by atoms with Crippen LogP contribution >= 0.6 is 0 Å². The van der Waals surface area contributed by atoms with Crippen LogP contribution in [-0.2, 0) is 20.1 Å². The topological polar surface area (TPSA) is 0 Å². The third-order valence-corrected chi connectivity index (χ3v) is 39.9. The van der Waals surface area contributed by atoms with Crippen LogP contribution in [0.4, 0.5) is 0 Å². The Morgan fingerprint density at radius 3 is 1.38 bits per heavy atom. The molecule has 6 atom stereocenters. The van der Waals surface area contributed by atoms with Crippen molar-refractivity contribution in [3.8, 4) is 0 Å². The molecule has 0 spiro atoms. The van der Waals surface area contributed by atoms with Crippen molar-refractivity contribution in [3.63, 3.8) is 0 Å². The number of fused-ring (bicyclic) bond motifs is 2. The van der Waals surface area contributed by atoms with Gasteiger partial charge in [0, 0.05) is 0 Å². The fourth-order valence-electron chi connectivity index (χ4n) is 6.99. The fourth-order valence-corrected chi connectivity index (χ4v) is 45.0. The van der Waals surface area contributed by atoms with Crippen LogP contribution in [0.3, 0.4) is 0 Å². The maximum Gasteiger partial charge on any atom is -1.00 e. The van der Waals surface area contributed by atoms with E-state index in [-0.39, 0.29) is 24.8 Å². The van der Waals surface area contributed by atoms with Gasteiger partial charge in [-0.1, -0.05) is 0 Å². The molecule has 0 aliphatic heterocycles. The van der Waals surface area contributed by atoms with Gasteiger partial charge in [0.05, 0.1) is 0 Å². The van der Waals surface area contributed by atoms with Crippen LogP contribution in [0.15, 0.2) is 109 Å². The van der Waals surface area contributed by atoms with Crippen molar-refractivity contribution < 1.29 is 44.9 Å². The summed E-state index contributed by atoms with van der Waals surface area (Å²) in [5.74, 6) is 3.24. The monoisotopic (exact) mass is 670 g/mol. The van der Waals surface area contributed by atoms with Crippen LogP contribution in [0.25, 0.3) is 0 Å². The molecule has 4 aliphatic carbocycles. The van der Waals surface area contributed by atoms with Gasteiger partial charge in [-0.05, 0) is 0 Å². The van der Waals surface area contributed by atoms with Crippen LogP contribution in [0, 0.1) is 23.7 Å². The fraction of sp³-hybridized carbons (Fsp3) is 0.333. The van der Waals surface area contributed by atoms with Crippen LogP contribution in [0.2, 0.25) is 7.35 Å². The Kier molecular flexibility index (Phi) is 9.12. The van der Waals surface area contributed by atoms with Gasteiger partial charge in [-0.25, -0.2) is 0 Å². The molecule has 2 saturated carbocycles. The number of allylic oxidation sites excluding steroid dienone is 8. The molecular formula is C30H32Cl2HfSi. The van der Waals surface area contributed by atoms with Gasteiger partial charge in [-0.3, -0.25) is 0 Å². The van der Waals surface area contributed by atoms with Crippen molar-refractivity contribution in [2.24, 2.45) is 23.7 Å². The third kappa shape index (κ3) is 4.98. The molecular weight excluding hydrogens is 638 g/mol. The van der Waals surface area contributed by atoms with E-state index in [2.05, 4.69) is 109 Å². The normalized spacial score (nSPS) is 29.9. The van der Waals surface area contributed by atoms with E-state index in [1.807, 2.05) is 0 Å². The summed E-state index contributed by atoms with van der Waals surface area (Å²) in [6.45, 7) is 0. The summed E-state index contributed by atoms with van der Waals surface area (Å²) in [4.78, 5) is 0. The summed E-state index contributed by atoms with van der Waals surface area (Å²) in [6, 6.07) is 23.5. The average Bonchev–Trinajstić information content (AvgIpc) is 3.48. The number of rotatable bonds is 4. The molecule has 2 aromatic carbocycles. The summed E-state index contributed by atoms with van der Waals surface area (Å²) >= 11 is -2.19. The minimum atomic E-state index is -2.19. The van der Waals surface area contributed by atoms with E-state index in [1.165, 1.54) is 25.7 Å². The molecule has 2 aromatic rings. The molecule has 4 aliphatic rings. The molecule has 0 radical (unpaired) electrons. The van der Waals surface area contributed by atoms with Crippen molar-refractivity contribution in [1.29, 1.82) is 0 Å². The molecule has 0 heterocycles. The summed E-state index contributed by atoms with van der Waals surface area (Å²) < 4.78 is 2.01. The molecule has 0 nitrogen and oxygen atoms in total. The predicted octanol–water partition coefficient (Wildman–Crippen LogP) is 0.300. The number of halogens is 2. The number of benzene rings is 2. The Balaban J connectivity index is 0.00000137. The molecule has 0 bridgehead atoms. The van der Waals surface area contributed by atoms with Gasteiger partial charge < -0.3 is 24.8 Å². The molecule has 6 unspecified atom stereocenters. The smallest absolute Gasteiger partial charge is 1.00 e. The SMILES string of the molecule is C1=CC2CC[CH]([Hf+2]([CH]3CCC4C=CC=CC43)=[Si](c3ccccc3)c3ccccc3)C2C=C1.[Cl-].[Cl-]. The molecule has 6 rings (SSSR count). The first-order valence-electron chi connectivity index (χ1n) is 12.4. The first kappa shape index (κ1) is 26.1. The Bertz CT molecular complexity index is 1030. The molecule has 0 aromatic heterocycles. The van der Waals surface area contributed by atoms with Gasteiger partial charge in [0.25, 0.3) is 0 Å². The Hall–Kier alpha value is -0.933. The van der Waals surface area contributed by atoms with Crippen molar-refractivity contribution in [3.05, 3.63) is 109 Å². The van der Waals surface area contributed by atoms with E-state index in [0.29, 0.717) is 0 Å². The van der Waals surface area contributed by atoms with Gasteiger partial charge in [-0.15, -0.1) is 0 Å². The molecule has 0 N–H and O–H groups in total. The maximum atomic E-state index is 2.62. The van der Waals surface area contributed by atoms with Gasteiger partial charge >= 0.3 is 202 Å². The van der Waals surface area contributed by atoms with Gasteiger partial charge in [0.2, 0.25) is 0 Å². The zero-order valence-electron chi connectivity index (χ0n) is 19.4. The van der Waals surface area contributed by atoms with Gasteiger partial charge in [0.15, 0.2) is 0 Å². The number of hydrogen-bond acceptors (Lipinski definition) is 0. The summed E-state index contributed by atoms with van der Waals surface area (Å²) in [5, 5.41) is 3.40. The minimum Gasteiger partial charge on any atom is -1.00 e. The Labute approximate surface area is 225 Å². The largest absolute Gasteiger partial charge is 1.00 e. The van der Waals surface area contributed by atoms with Crippen molar-refractivity contribution in [2.75, 3.05) is 0 Å². The average molecular weight is 670 g/mol. The molecule has 34 heavy (non-hydrogen) atoms. The molecule has 2 fully saturated rings. The Morgan fingerprint density at radius 2 is 0.941 bits per heavy atom. The van der Waals surface area contributed by atoms with Crippen LogP contribution in [-0.4, -0.2) is 5.49 Å². The first-order valence-corrected chi connectivity index (χ1v) is 23.5. The predicted molar refractivity (Wildman–Crippen MR) is 134 cm³/mol. The summed E-state index contributed by atoms with van der Waals surface area (Å²) in [6.07, 6.45) is 25.4. The summed E-state index contributed by atoms with van der Waals surface area (Å²) in [7, 11) is 0. The van der Waals surface area contributed by atoms with Crippen LogP contribution < -0.4 is 35.2 Å². The second-order valence-electron chi connectivity index (χ2n) is 9.95.